The molecule has 102 valence electrons. The number of nitrogens with zero attached hydrogens (tertiary/aromatic N) is 1. The van der Waals surface area contributed by atoms with Gasteiger partial charge in [0.15, 0.2) is 0 Å². The van der Waals surface area contributed by atoms with E-state index in [0.29, 0.717) is 32.1 Å². The first kappa shape index (κ1) is 14.8. The fraction of sp³-hybridized carbons (Fsp3) is 0.500. The highest BCUT2D eigenvalue weighted by Crippen LogP contribution is 2.08. The van der Waals surface area contributed by atoms with Crippen molar-refractivity contribution >= 4 is 15.8 Å². The van der Waals surface area contributed by atoms with Crippen LogP contribution in [-0.4, -0.2) is 39.7 Å². The molecule has 0 spiro atoms. The number of aromatic nitrogens is 1. The van der Waals surface area contributed by atoms with Crippen LogP contribution < -0.4 is 16.2 Å². The molecular formula is C10H18N4O3S. The zero-order chi connectivity index (χ0) is 13.4. The first-order valence-electron chi connectivity index (χ1n) is 5.54. The van der Waals surface area contributed by atoms with Crippen LogP contribution in [-0.2, 0) is 14.8 Å². The van der Waals surface area contributed by atoms with E-state index in [2.05, 4.69) is 10.3 Å². The first-order valence-corrected chi connectivity index (χ1v) is 7.09. The summed E-state index contributed by atoms with van der Waals surface area (Å²) in [5.74, 6) is 0.598. The van der Waals surface area contributed by atoms with Crippen LogP contribution in [0.2, 0.25) is 0 Å². The molecule has 0 bridgehead atoms. The van der Waals surface area contributed by atoms with Gasteiger partial charge in [0.25, 0.3) is 0 Å². The van der Waals surface area contributed by atoms with Gasteiger partial charge in [-0.3, -0.25) is 0 Å². The van der Waals surface area contributed by atoms with Crippen molar-refractivity contribution in [3.8, 4) is 0 Å². The third-order valence-electron chi connectivity index (χ3n) is 2.10. The van der Waals surface area contributed by atoms with Crippen LogP contribution in [0, 0.1) is 0 Å². The minimum atomic E-state index is -3.68. The molecule has 0 amide bonds. The number of pyridine rings is 1. The highest BCUT2D eigenvalue weighted by Gasteiger charge is 2.07. The molecule has 7 nitrogen and oxygen atoms in total. The summed E-state index contributed by atoms with van der Waals surface area (Å²) in [6, 6.07) is 2.98. The van der Waals surface area contributed by atoms with Gasteiger partial charge in [0.1, 0.15) is 10.7 Å². The maximum Gasteiger partial charge on any atom is 0.239 e. The number of rotatable bonds is 8. The third kappa shape index (κ3) is 5.41. The molecule has 0 atom stereocenters. The van der Waals surface area contributed by atoms with Crippen molar-refractivity contribution in [3.05, 3.63) is 18.3 Å². The maximum absolute atomic E-state index is 11.0. The number of primary sulfonamides is 1. The van der Waals surface area contributed by atoms with E-state index in [0.717, 1.165) is 6.42 Å². The Morgan fingerprint density at radius 2 is 2.11 bits per heavy atom. The zero-order valence-electron chi connectivity index (χ0n) is 10.0. The summed E-state index contributed by atoms with van der Waals surface area (Å²) in [4.78, 5) is 3.95. The lowest BCUT2D eigenvalue weighted by Crippen LogP contribution is -2.13. The van der Waals surface area contributed by atoms with E-state index in [9.17, 15) is 8.42 Å². The Labute approximate surface area is 107 Å². The summed E-state index contributed by atoms with van der Waals surface area (Å²) in [7, 11) is -3.68. The Morgan fingerprint density at radius 1 is 1.33 bits per heavy atom. The topological polar surface area (TPSA) is 120 Å². The van der Waals surface area contributed by atoms with E-state index in [4.69, 9.17) is 15.6 Å². The predicted molar refractivity (Wildman–Crippen MR) is 68.6 cm³/mol. The van der Waals surface area contributed by atoms with Crippen molar-refractivity contribution in [2.45, 2.75) is 11.3 Å². The zero-order valence-corrected chi connectivity index (χ0v) is 10.8. The van der Waals surface area contributed by atoms with Crippen molar-refractivity contribution in [1.82, 2.24) is 4.98 Å². The monoisotopic (exact) mass is 274 g/mol. The molecule has 5 N–H and O–H groups in total. The Morgan fingerprint density at radius 3 is 2.67 bits per heavy atom. The van der Waals surface area contributed by atoms with E-state index in [-0.39, 0.29) is 4.90 Å². The quantitative estimate of drug-likeness (QED) is 0.550. The van der Waals surface area contributed by atoms with Gasteiger partial charge >= 0.3 is 0 Å². The van der Waals surface area contributed by atoms with Crippen molar-refractivity contribution in [3.63, 3.8) is 0 Å². The van der Waals surface area contributed by atoms with Gasteiger partial charge in [-0.2, -0.15) is 0 Å². The third-order valence-corrected chi connectivity index (χ3v) is 3.00. The van der Waals surface area contributed by atoms with Gasteiger partial charge in [-0.15, -0.1) is 0 Å². The molecule has 18 heavy (non-hydrogen) atoms. The number of ether oxygens (including phenoxy) is 1. The highest BCUT2D eigenvalue weighted by atomic mass is 32.2. The first-order chi connectivity index (χ1) is 8.54. The fourth-order valence-corrected chi connectivity index (χ4v) is 1.69. The number of nitrogens with one attached hydrogen (secondary N) is 1. The summed E-state index contributed by atoms with van der Waals surface area (Å²) >= 11 is 0. The van der Waals surface area contributed by atoms with Crippen LogP contribution in [0.4, 0.5) is 5.82 Å². The van der Waals surface area contributed by atoms with E-state index in [1.54, 1.807) is 6.07 Å². The molecule has 1 aromatic heterocycles. The van der Waals surface area contributed by atoms with Crippen molar-refractivity contribution in [2.24, 2.45) is 10.9 Å². The largest absolute Gasteiger partial charge is 0.380 e. The van der Waals surface area contributed by atoms with Gasteiger partial charge in [-0.25, -0.2) is 18.5 Å². The van der Waals surface area contributed by atoms with E-state index >= 15 is 0 Å². The molecule has 0 fully saturated rings. The Balaban J connectivity index is 2.32. The lowest BCUT2D eigenvalue weighted by molar-refractivity contribution is 0.141. The number of nitrogens with two attached hydrogens (primary N) is 2. The summed E-state index contributed by atoms with van der Waals surface area (Å²) in [5, 5.41) is 8.00. The normalized spacial score (nSPS) is 11.4. The molecule has 0 aliphatic heterocycles. The molecule has 1 heterocycles. The van der Waals surface area contributed by atoms with Gasteiger partial charge in [-0.05, 0) is 18.6 Å². The molecule has 0 aromatic carbocycles. The van der Waals surface area contributed by atoms with Gasteiger partial charge in [-0.1, -0.05) is 0 Å². The molecule has 0 aliphatic rings. The molecule has 0 saturated carbocycles. The summed E-state index contributed by atoms with van der Waals surface area (Å²) in [6.07, 6.45) is 2.04. The van der Waals surface area contributed by atoms with E-state index < -0.39 is 10.0 Å². The number of anilines is 1. The molecule has 0 unspecified atom stereocenters. The van der Waals surface area contributed by atoms with Crippen LogP contribution in [0.25, 0.3) is 0 Å². The number of hydrogen-bond donors (Lipinski definition) is 3. The van der Waals surface area contributed by atoms with Gasteiger partial charge in [0, 0.05) is 25.9 Å². The Hall–Kier alpha value is -1.22. The molecule has 1 aromatic rings. The van der Waals surface area contributed by atoms with Gasteiger partial charge < -0.3 is 15.8 Å². The lowest BCUT2D eigenvalue weighted by Gasteiger charge is -2.06. The van der Waals surface area contributed by atoms with Crippen LogP contribution in [0.1, 0.15) is 6.42 Å². The maximum atomic E-state index is 11.0. The smallest absolute Gasteiger partial charge is 0.239 e. The van der Waals surface area contributed by atoms with Crippen LogP contribution in [0.15, 0.2) is 23.2 Å². The number of sulfonamides is 1. The van der Waals surface area contributed by atoms with E-state index in [1.807, 2.05) is 0 Å². The molecular weight excluding hydrogens is 256 g/mol. The van der Waals surface area contributed by atoms with Crippen LogP contribution >= 0.6 is 0 Å². The summed E-state index contributed by atoms with van der Waals surface area (Å²) < 4.78 is 27.2. The van der Waals surface area contributed by atoms with Crippen LogP contribution in [0.3, 0.4) is 0 Å². The highest BCUT2D eigenvalue weighted by molar-refractivity contribution is 7.89. The summed E-state index contributed by atoms with van der Waals surface area (Å²) in [6.45, 7) is 2.39. The van der Waals surface area contributed by atoms with Crippen molar-refractivity contribution in [2.75, 3.05) is 31.6 Å². The van der Waals surface area contributed by atoms with Crippen LogP contribution in [0.5, 0.6) is 0 Å². The van der Waals surface area contributed by atoms with Gasteiger partial charge in [0.2, 0.25) is 10.0 Å². The van der Waals surface area contributed by atoms with Crippen molar-refractivity contribution in [1.29, 1.82) is 0 Å². The second kappa shape index (κ2) is 7.27. The summed E-state index contributed by atoms with van der Waals surface area (Å²) in [5.41, 5.74) is 5.27. The molecule has 0 saturated heterocycles. The molecule has 0 radical (unpaired) electrons. The minimum Gasteiger partial charge on any atom is -0.380 e. The van der Waals surface area contributed by atoms with E-state index in [1.165, 1.54) is 12.3 Å². The second-order valence-electron chi connectivity index (χ2n) is 3.61. The average molecular weight is 274 g/mol. The van der Waals surface area contributed by atoms with Crippen molar-refractivity contribution < 1.29 is 13.2 Å². The predicted octanol–water partition coefficient (Wildman–Crippen LogP) is -0.494. The standard InChI is InChI=1S/C10H18N4O3S/c11-4-7-17-6-1-5-13-10-3-2-9(8-14-10)18(12,15)16/h2-3,8H,1,4-7,11H2,(H,13,14)(H2,12,15,16). The average Bonchev–Trinajstić information content (AvgIpc) is 2.33. The number of hydrogen-bond acceptors (Lipinski definition) is 6. The Kier molecular flexibility index (Phi) is 5.99. The molecule has 1 rings (SSSR count). The Bertz CT molecular complexity index is 447. The SMILES string of the molecule is NCCOCCCNc1ccc(S(N)(=O)=O)cn1. The fourth-order valence-electron chi connectivity index (χ4n) is 1.23. The molecule has 0 aliphatic carbocycles. The minimum absolute atomic E-state index is 0.000621. The molecule has 8 heteroatoms. The lowest BCUT2D eigenvalue weighted by atomic mass is 10.4. The second-order valence-corrected chi connectivity index (χ2v) is 5.17. The van der Waals surface area contributed by atoms with Gasteiger partial charge in [0.05, 0.1) is 6.61 Å².